The first-order valence-electron chi connectivity index (χ1n) is 15.1. The number of carbonyl (C=O) groups is 3. The number of aromatic hydroxyl groups is 1. The quantitative estimate of drug-likeness (QED) is 0.0622. The Kier molecular flexibility index (Phi) is 10.5. The maximum Gasteiger partial charge on any atom is 0.412 e. The molecule has 0 spiro atoms. The molecule has 0 radical (unpaired) electrons. The van der Waals surface area contributed by atoms with Crippen molar-refractivity contribution in [2.75, 3.05) is 16.4 Å². The molecule has 5 aromatic rings. The number of rotatable bonds is 12. The monoisotopic (exact) mass is 629 g/mol. The van der Waals surface area contributed by atoms with Crippen molar-refractivity contribution >= 4 is 45.6 Å². The summed E-state index contributed by atoms with van der Waals surface area (Å²) in [6.07, 6.45) is 1.51. The number of fused-ring (bicyclic) bond motifs is 1. The van der Waals surface area contributed by atoms with E-state index in [-0.39, 0.29) is 17.4 Å². The molecule has 47 heavy (non-hydrogen) atoms. The van der Waals surface area contributed by atoms with Gasteiger partial charge in [-0.3, -0.25) is 14.9 Å². The molecule has 5 aromatic carbocycles. The summed E-state index contributed by atoms with van der Waals surface area (Å²) in [6, 6.07) is 33.2. The molecule has 9 nitrogen and oxygen atoms in total. The molecule has 0 heterocycles. The van der Waals surface area contributed by atoms with Gasteiger partial charge in [-0.2, -0.15) is 0 Å². The smallest absolute Gasteiger partial charge is 0.412 e. The lowest BCUT2D eigenvalue weighted by Crippen LogP contribution is -2.31. The molecule has 0 saturated carbocycles. The van der Waals surface area contributed by atoms with E-state index < -0.39 is 18.3 Å². The van der Waals surface area contributed by atoms with Gasteiger partial charge in [0, 0.05) is 22.2 Å². The van der Waals surface area contributed by atoms with Crippen molar-refractivity contribution in [1.29, 1.82) is 0 Å². The lowest BCUT2D eigenvalue weighted by atomic mass is 9.94. The van der Waals surface area contributed by atoms with E-state index in [0.29, 0.717) is 57.6 Å². The van der Waals surface area contributed by atoms with Gasteiger partial charge in [-0.25, -0.2) is 4.79 Å². The summed E-state index contributed by atoms with van der Waals surface area (Å²) in [7, 11) is 0. The van der Waals surface area contributed by atoms with Gasteiger partial charge in [-0.15, -0.1) is 0 Å². The highest BCUT2D eigenvalue weighted by Gasteiger charge is 2.31. The van der Waals surface area contributed by atoms with E-state index in [4.69, 9.17) is 15.2 Å². The van der Waals surface area contributed by atoms with Gasteiger partial charge in [0.05, 0.1) is 11.4 Å². The number of ether oxygens (including phenoxy) is 2. The van der Waals surface area contributed by atoms with E-state index in [1.165, 1.54) is 13.0 Å². The fourth-order valence-corrected chi connectivity index (χ4v) is 5.13. The van der Waals surface area contributed by atoms with Crippen molar-refractivity contribution in [2.24, 2.45) is 0 Å². The van der Waals surface area contributed by atoms with E-state index in [0.717, 1.165) is 0 Å². The minimum Gasteiger partial charge on any atom is -0.507 e. The van der Waals surface area contributed by atoms with E-state index in [1.807, 2.05) is 48.5 Å². The second-order valence-electron chi connectivity index (χ2n) is 10.8. The summed E-state index contributed by atoms with van der Waals surface area (Å²) in [6.45, 7) is 1.47. The van der Waals surface area contributed by atoms with Gasteiger partial charge in [-0.1, -0.05) is 66.7 Å². The first-order valence-corrected chi connectivity index (χ1v) is 15.1. The number of benzene rings is 5. The summed E-state index contributed by atoms with van der Waals surface area (Å²) in [5, 5.41) is 17.4. The molecule has 0 unspecified atom stereocenters. The molecule has 5 N–H and O–H groups in total. The molecule has 2 amide bonds. The normalized spacial score (nSPS) is 12.3. The number of para-hydroxylation sites is 3. The van der Waals surface area contributed by atoms with Crippen LogP contribution < -0.4 is 21.1 Å². The number of nitrogen functional groups attached to an aromatic ring is 1. The summed E-state index contributed by atoms with van der Waals surface area (Å²) in [5.41, 5.74) is 8.51. The maximum atomic E-state index is 13.4. The highest BCUT2D eigenvalue weighted by atomic mass is 16.6. The predicted molar refractivity (Wildman–Crippen MR) is 184 cm³/mol. The zero-order chi connectivity index (χ0) is 33.2. The number of hydrogen-bond donors (Lipinski definition) is 4. The molecule has 0 bridgehead atoms. The van der Waals surface area contributed by atoms with Gasteiger partial charge in [0.2, 0.25) is 5.91 Å². The number of ketones is 1. The van der Waals surface area contributed by atoms with Crippen molar-refractivity contribution in [2.45, 2.75) is 32.0 Å². The number of allylic oxidation sites excluding steroid dienone is 1. The van der Waals surface area contributed by atoms with Crippen LogP contribution in [0.1, 0.15) is 41.8 Å². The number of hydrogen-bond acceptors (Lipinski definition) is 7. The van der Waals surface area contributed by atoms with Crippen LogP contribution in [0.25, 0.3) is 10.8 Å². The van der Waals surface area contributed by atoms with Crippen molar-refractivity contribution in [3.8, 4) is 11.5 Å². The highest BCUT2D eigenvalue weighted by Crippen LogP contribution is 2.36. The van der Waals surface area contributed by atoms with Crippen LogP contribution in [0.15, 0.2) is 127 Å². The molecule has 0 aromatic heterocycles. The Morgan fingerprint density at radius 3 is 2.21 bits per heavy atom. The molecule has 0 saturated heterocycles. The first-order chi connectivity index (χ1) is 22.8. The van der Waals surface area contributed by atoms with Crippen LogP contribution in [0.5, 0.6) is 11.5 Å². The zero-order valence-electron chi connectivity index (χ0n) is 25.8. The van der Waals surface area contributed by atoms with Crippen LogP contribution in [-0.2, 0) is 9.53 Å². The highest BCUT2D eigenvalue weighted by molar-refractivity contribution is 6.01. The summed E-state index contributed by atoms with van der Waals surface area (Å²) in [5.74, 6) is 0.230. The Labute approximate surface area is 272 Å². The van der Waals surface area contributed by atoms with E-state index in [1.54, 1.807) is 72.8 Å². The Hall–Kier alpha value is -6.09. The van der Waals surface area contributed by atoms with Crippen molar-refractivity contribution in [3.63, 3.8) is 0 Å². The topological polar surface area (TPSA) is 140 Å². The number of Topliss-reactive ketones (excluding diaryl/α,β-unsaturated/α-hetero) is 1. The van der Waals surface area contributed by atoms with Gasteiger partial charge < -0.3 is 25.6 Å². The standard InChI is InChI=1S/C38H35N3O6/c1-25(42)26-19-21-27(22-20-26)40-38(45)47-37(31-23-24-34(43)30-14-6-5-13-29(30)31)35(46-28-11-3-2-4-12-28)17-9-10-18-36(44)41-33-16-8-7-15-32(33)39/h2-8,10-16,18-24,35,37,43H,9,17,39H2,1H3,(H,40,45)(H,41,44)/b18-10+/t35-,37-/m0/s1. The van der Waals surface area contributed by atoms with Crippen molar-refractivity contribution < 1.29 is 29.0 Å². The average molecular weight is 630 g/mol. The number of nitrogens with two attached hydrogens (primary N) is 1. The van der Waals surface area contributed by atoms with Crippen LogP contribution in [0.4, 0.5) is 21.9 Å². The number of amides is 2. The summed E-state index contributed by atoms with van der Waals surface area (Å²) < 4.78 is 12.6. The van der Waals surface area contributed by atoms with Crippen LogP contribution in [0.2, 0.25) is 0 Å². The lowest BCUT2D eigenvalue weighted by molar-refractivity contribution is -0.111. The molecule has 0 aliphatic heterocycles. The first kappa shape index (κ1) is 32.3. The van der Waals surface area contributed by atoms with Crippen LogP contribution in [0, 0.1) is 0 Å². The second kappa shape index (κ2) is 15.3. The zero-order valence-corrected chi connectivity index (χ0v) is 25.8. The summed E-state index contributed by atoms with van der Waals surface area (Å²) >= 11 is 0. The van der Waals surface area contributed by atoms with Crippen molar-refractivity contribution in [1.82, 2.24) is 0 Å². The van der Waals surface area contributed by atoms with Gasteiger partial charge in [0.15, 0.2) is 11.9 Å². The number of carbonyl (C=O) groups excluding carboxylic acids is 3. The molecular weight excluding hydrogens is 594 g/mol. The third-order valence-electron chi connectivity index (χ3n) is 7.49. The van der Waals surface area contributed by atoms with E-state index in [2.05, 4.69) is 10.6 Å². The van der Waals surface area contributed by atoms with E-state index in [9.17, 15) is 19.5 Å². The lowest BCUT2D eigenvalue weighted by Gasteiger charge is -2.29. The molecule has 9 heteroatoms. The second-order valence-corrected chi connectivity index (χ2v) is 10.8. The number of nitrogens with one attached hydrogen (secondary N) is 2. The average Bonchev–Trinajstić information content (AvgIpc) is 3.07. The maximum absolute atomic E-state index is 13.4. The Morgan fingerprint density at radius 2 is 1.49 bits per heavy atom. The van der Waals surface area contributed by atoms with Crippen LogP contribution >= 0.6 is 0 Å². The van der Waals surface area contributed by atoms with E-state index >= 15 is 0 Å². The summed E-state index contributed by atoms with van der Waals surface area (Å²) in [4.78, 5) is 37.7. The van der Waals surface area contributed by atoms with Gasteiger partial charge >= 0.3 is 6.09 Å². The molecule has 5 rings (SSSR count). The number of phenolic OH excluding ortho intramolecular Hbond substituents is 1. The molecule has 238 valence electrons. The van der Waals surface area contributed by atoms with Crippen LogP contribution in [0.3, 0.4) is 0 Å². The van der Waals surface area contributed by atoms with Gasteiger partial charge in [0.1, 0.15) is 17.6 Å². The number of phenols is 1. The SMILES string of the molecule is CC(=O)c1ccc(NC(=O)O[C@@H](c2ccc(O)c3ccccc23)[C@H](CC/C=C/C(=O)Nc2ccccc2N)Oc2ccccc2)cc1. The molecule has 2 atom stereocenters. The van der Waals surface area contributed by atoms with Gasteiger partial charge in [0.25, 0.3) is 0 Å². The largest absolute Gasteiger partial charge is 0.507 e. The fourth-order valence-electron chi connectivity index (χ4n) is 5.13. The Bertz CT molecular complexity index is 1890. The molecule has 0 fully saturated rings. The minimum atomic E-state index is -0.941. The molecule has 0 aliphatic carbocycles. The Morgan fingerprint density at radius 1 is 0.809 bits per heavy atom. The predicted octanol–water partition coefficient (Wildman–Crippen LogP) is 8.04. The van der Waals surface area contributed by atoms with Crippen LogP contribution in [-0.4, -0.2) is 29.0 Å². The third-order valence-corrected chi connectivity index (χ3v) is 7.49. The Balaban J connectivity index is 1.43. The molecular formula is C38H35N3O6. The fraction of sp³-hybridized carbons (Fsp3) is 0.132. The van der Waals surface area contributed by atoms with Gasteiger partial charge in [-0.05, 0) is 85.8 Å². The third kappa shape index (κ3) is 8.55. The minimum absolute atomic E-state index is 0.0879. The molecule has 0 aliphatic rings. The van der Waals surface area contributed by atoms with Crippen molar-refractivity contribution in [3.05, 3.63) is 139 Å². The number of anilines is 3.